The highest BCUT2D eigenvalue weighted by Crippen LogP contribution is 2.28. The molecular weight excluding hydrogens is 346 g/mol. The zero-order valence-electron chi connectivity index (χ0n) is 11.4. The number of nitrogens with zero attached hydrogens (tertiary/aromatic N) is 1. The van der Waals surface area contributed by atoms with E-state index in [9.17, 15) is 9.18 Å². The van der Waals surface area contributed by atoms with Gasteiger partial charge in [0.15, 0.2) is 11.5 Å². The fourth-order valence-electron chi connectivity index (χ4n) is 2.13. The van der Waals surface area contributed by atoms with Crippen molar-refractivity contribution < 1.29 is 18.8 Å². The predicted octanol–water partition coefficient (Wildman–Crippen LogP) is 3.98. The van der Waals surface area contributed by atoms with E-state index in [4.69, 9.17) is 32.8 Å². The maximum atomic E-state index is 13.9. The highest BCUT2D eigenvalue weighted by Gasteiger charge is 2.14. The molecule has 0 atom stereocenters. The van der Waals surface area contributed by atoms with Crippen LogP contribution in [0, 0.1) is 5.82 Å². The van der Waals surface area contributed by atoms with E-state index in [0.29, 0.717) is 21.1 Å². The number of oxazole rings is 1. The normalized spacial score (nSPS) is 11.0. The number of benzene rings is 2. The van der Waals surface area contributed by atoms with Gasteiger partial charge in [0.25, 0.3) is 5.91 Å². The van der Waals surface area contributed by atoms with Crippen LogP contribution in [0.1, 0.15) is 21.8 Å². The molecule has 118 valence electrons. The molecule has 0 spiro atoms. The highest BCUT2D eigenvalue weighted by atomic mass is 35.5. The monoisotopic (exact) mass is 354 g/mol. The number of hydrogen-bond acceptors (Lipinski definition) is 4. The molecule has 0 unspecified atom stereocenters. The topological polar surface area (TPSA) is 75.4 Å². The summed E-state index contributed by atoms with van der Waals surface area (Å²) in [5, 5.41) is 9.30. The van der Waals surface area contributed by atoms with Crippen molar-refractivity contribution in [2.75, 3.05) is 0 Å². The molecule has 3 rings (SSSR count). The van der Waals surface area contributed by atoms with E-state index >= 15 is 0 Å². The second-order valence-corrected chi connectivity index (χ2v) is 5.58. The minimum absolute atomic E-state index is 0.0301. The zero-order chi connectivity index (χ0) is 16.6. The number of hydroxylamine groups is 1. The first kappa shape index (κ1) is 15.7. The lowest BCUT2D eigenvalue weighted by Crippen LogP contribution is -2.18. The molecule has 3 aromatic rings. The van der Waals surface area contributed by atoms with Crippen molar-refractivity contribution in [3.05, 3.63) is 63.2 Å². The maximum Gasteiger partial charge on any atom is 0.274 e. The second kappa shape index (κ2) is 6.16. The maximum absolute atomic E-state index is 13.9. The lowest BCUT2D eigenvalue weighted by atomic mass is 10.1. The van der Waals surface area contributed by atoms with Crippen LogP contribution in [0.2, 0.25) is 10.0 Å². The Bertz CT molecular complexity index is 872. The number of carbonyl (C=O) groups is 1. The first-order valence-electron chi connectivity index (χ1n) is 6.45. The Labute approximate surface area is 139 Å². The molecular formula is C15H9Cl2FN2O3. The first-order chi connectivity index (χ1) is 11.0. The van der Waals surface area contributed by atoms with Gasteiger partial charge in [-0.2, -0.15) is 0 Å². The van der Waals surface area contributed by atoms with Crippen LogP contribution in [0.3, 0.4) is 0 Å². The summed E-state index contributed by atoms with van der Waals surface area (Å²) in [4.78, 5) is 15.6. The standard InChI is InChI=1S/C15H9Cl2FN2O3/c16-9-5-12-13(6-10(9)17)23-14(19-12)4-8-3-7(15(21)20-22)1-2-11(8)18/h1-3,5-6,22H,4H2,(H,20,21). The average molecular weight is 355 g/mol. The number of carbonyl (C=O) groups excluding carboxylic acids is 1. The number of hydrogen-bond donors (Lipinski definition) is 2. The van der Waals surface area contributed by atoms with Gasteiger partial charge in [0.2, 0.25) is 0 Å². The number of aromatic nitrogens is 1. The number of amides is 1. The molecule has 0 fully saturated rings. The average Bonchev–Trinajstić information content (AvgIpc) is 2.90. The van der Waals surface area contributed by atoms with Crippen LogP contribution in [-0.4, -0.2) is 16.1 Å². The van der Waals surface area contributed by atoms with Crippen molar-refractivity contribution in [2.24, 2.45) is 0 Å². The number of nitrogens with one attached hydrogen (secondary N) is 1. The SMILES string of the molecule is O=C(NO)c1ccc(F)c(Cc2nc3cc(Cl)c(Cl)cc3o2)c1. The molecule has 1 amide bonds. The van der Waals surface area contributed by atoms with Crippen LogP contribution in [-0.2, 0) is 6.42 Å². The smallest absolute Gasteiger partial charge is 0.274 e. The van der Waals surface area contributed by atoms with Gasteiger partial charge in [-0.1, -0.05) is 23.2 Å². The quantitative estimate of drug-likeness (QED) is 0.550. The summed E-state index contributed by atoms with van der Waals surface area (Å²) in [6.07, 6.45) is 0.0301. The summed E-state index contributed by atoms with van der Waals surface area (Å²) in [7, 11) is 0. The van der Waals surface area contributed by atoms with E-state index in [0.717, 1.165) is 6.07 Å². The molecule has 2 aromatic carbocycles. The van der Waals surface area contributed by atoms with E-state index in [1.807, 2.05) is 0 Å². The van der Waals surface area contributed by atoms with Gasteiger partial charge in [-0.05, 0) is 29.8 Å². The number of halogens is 3. The summed E-state index contributed by atoms with van der Waals surface area (Å²) < 4.78 is 19.4. The fourth-order valence-corrected chi connectivity index (χ4v) is 2.44. The lowest BCUT2D eigenvalue weighted by molar-refractivity contribution is 0.0706. The van der Waals surface area contributed by atoms with Crippen molar-refractivity contribution in [1.29, 1.82) is 0 Å². The van der Waals surface area contributed by atoms with Crippen LogP contribution in [0.4, 0.5) is 4.39 Å². The Morgan fingerprint density at radius 2 is 2.00 bits per heavy atom. The minimum atomic E-state index is -0.734. The number of fused-ring (bicyclic) bond motifs is 1. The molecule has 0 aliphatic carbocycles. The zero-order valence-corrected chi connectivity index (χ0v) is 13.0. The highest BCUT2D eigenvalue weighted by molar-refractivity contribution is 6.42. The Balaban J connectivity index is 1.97. The van der Waals surface area contributed by atoms with E-state index in [1.54, 1.807) is 6.07 Å². The van der Waals surface area contributed by atoms with Crippen molar-refractivity contribution in [3.63, 3.8) is 0 Å². The molecule has 23 heavy (non-hydrogen) atoms. The summed E-state index contributed by atoms with van der Waals surface area (Å²) in [5.41, 5.74) is 2.75. The van der Waals surface area contributed by atoms with Crippen LogP contribution < -0.4 is 5.48 Å². The van der Waals surface area contributed by atoms with Crippen LogP contribution >= 0.6 is 23.2 Å². The molecule has 0 radical (unpaired) electrons. The third-order valence-electron chi connectivity index (χ3n) is 3.23. The molecule has 0 bridgehead atoms. The van der Waals surface area contributed by atoms with Gasteiger partial charge < -0.3 is 4.42 Å². The number of rotatable bonds is 3. The van der Waals surface area contributed by atoms with E-state index in [1.165, 1.54) is 23.7 Å². The van der Waals surface area contributed by atoms with Crippen LogP contribution in [0.15, 0.2) is 34.7 Å². The Morgan fingerprint density at radius 3 is 2.74 bits per heavy atom. The Hall–Kier alpha value is -2.15. The van der Waals surface area contributed by atoms with Gasteiger partial charge in [-0.25, -0.2) is 14.9 Å². The molecule has 2 N–H and O–H groups in total. The van der Waals surface area contributed by atoms with Crippen molar-refractivity contribution >= 4 is 40.2 Å². The fraction of sp³-hybridized carbons (Fsp3) is 0.0667. The first-order valence-corrected chi connectivity index (χ1v) is 7.21. The third-order valence-corrected chi connectivity index (χ3v) is 3.95. The second-order valence-electron chi connectivity index (χ2n) is 4.77. The van der Waals surface area contributed by atoms with E-state index in [-0.39, 0.29) is 23.4 Å². The van der Waals surface area contributed by atoms with Gasteiger partial charge >= 0.3 is 0 Å². The summed E-state index contributed by atoms with van der Waals surface area (Å²) in [5.74, 6) is -1.00. The molecule has 5 nitrogen and oxygen atoms in total. The Morgan fingerprint density at radius 1 is 1.26 bits per heavy atom. The van der Waals surface area contributed by atoms with Gasteiger partial charge in [0.05, 0.1) is 16.5 Å². The molecule has 8 heteroatoms. The molecule has 1 aromatic heterocycles. The Kier molecular flexibility index (Phi) is 4.21. The molecule has 0 saturated carbocycles. The van der Waals surface area contributed by atoms with Crippen LogP contribution in [0.5, 0.6) is 0 Å². The lowest BCUT2D eigenvalue weighted by Gasteiger charge is -2.03. The van der Waals surface area contributed by atoms with Crippen molar-refractivity contribution in [3.8, 4) is 0 Å². The minimum Gasteiger partial charge on any atom is -0.440 e. The molecule has 0 aliphatic heterocycles. The van der Waals surface area contributed by atoms with Gasteiger partial charge in [-0.15, -0.1) is 0 Å². The van der Waals surface area contributed by atoms with E-state index in [2.05, 4.69) is 4.98 Å². The molecule has 0 saturated heterocycles. The predicted molar refractivity (Wildman–Crippen MR) is 82.5 cm³/mol. The summed E-state index contributed by atoms with van der Waals surface area (Å²) in [6, 6.07) is 6.79. The van der Waals surface area contributed by atoms with Crippen molar-refractivity contribution in [1.82, 2.24) is 10.5 Å². The van der Waals surface area contributed by atoms with Gasteiger partial charge in [0, 0.05) is 11.6 Å². The van der Waals surface area contributed by atoms with Crippen molar-refractivity contribution in [2.45, 2.75) is 6.42 Å². The van der Waals surface area contributed by atoms with Gasteiger partial charge in [0.1, 0.15) is 11.3 Å². The van der Waals surface area contributed by atoms with Gasteiger partial charge in [-0.3, -0.25) is 10.0 Å². The molecule has 0 aliphatic rings. The van der Waals surface area contributed by atoms with Crippen LogP contribution in [0.25, 0.3) is 11.1 Å². The summed E-state index contributed by atoms with van der Waals surface area (Å²) >= 11 is 11.8. The molecule has 1 heterocycles. The van der Waals surface area contributed by atoms with E-state index < -0.39 is 11.7 Å². The third kappa shape index (κ3) is 3.14. The largest absolute Gasteiger partial charge is 0.440 e. The summed E-state index contributed by atoms with van der Waals surface area (Å²) in [6.45, 7) is 0.